The van der Waals surface area contributed by atoms with E-state index in [1.54, 1.807) is 19.2 Å². The Bertz CT molecular complexity index is 629. The topological polar surface area (TPSA) is 74.2 Å². The maximum Gasteiger partial charge on any atom is 0.231 e. The average Bonchev–Trinajstić information content (AvgIpc) is 2.97. The van der Waals surface area contributed by atoms with E-state index in [2.05, 4.69) is 10.1 Å². The number of methoxy groups -OCH3 is 1. The Balaban J connectivity index is 1.91. The maximum atomic E-state index is 6.16. The summed E-state index contributed by atoms with van der Waals surface area (Å²) >= 11 is 5.97. The van der Waals surface area contributed by atoms with E-state index in [0.717, 1.165) is 24.8 Å². The predicted molar refractivity (Wildman–Crippen MR) is 80.5 cm³/mol. The van der Waals surface area contributed by atoms with Gasteiger partial charge in [0.1, 0.15) is 5.75 Å². The quantitative estimate of drug-likeness (QED) is 0.941. The van der Waals surface area contributed by atoms with Gasteiger partial charge in [-0.15, -0.1) is 0 Å². The average molecular weight is 308 g/mol. The van der Waals surface area contributed by atoms with E-state index in [4.69, 9.17) is 26.6 Å². The summed E-state index contributed by atoms with van der Waals surface area (Å²) in [6.45, 7) is 0. The van der Waals surface area contributed by atoms with Crippen LogP contribution in [0.15, 0.2) is 22.7 Å². The van der Waals surface area contributed by atoms with Gasteiger partial charge in [0.25, 0.3) is 0 Å². The number of benzene rings is 1. The Morgan fingerprint density at radius 2 is 2.14 bits per heavy atom. The molecule has 0 bridgehead atoms. The van der Waals surface area contributed by atoms with Crippen molar-refractivity contribution in [2.75, 3.05) is 7.11 Å². The first kappa shape index (κ1) is 14.4. The van der Waals surface area contributed by atoms with Crippen LogP contribution in [0, 0.1) is 0 Å². The molecule has 6 heteroatoms. The van der Waals surface area contributed by atoms with Crippen LogP contribution in [0.4, 0.5) is 0 Å². The SMILES string of the molecule is COc1cc(Cl)ccc1-c1noc(C2CCCCC2N)n1. The van der Waals surface area contributed by atoms with E-state index in [9.17, 15) is 0 Å². The number of rotatable bonds is 3. The van der Waals surface area contributed by atoms with E-state index < -0.39 is 0 Å². The van der Waals surface area contributed by atoms with Crippen LogP contribution in [-0.4, -0.2) is 23.3 Å². The lowest BCUT2D eigenvalue weighted by atomic mass is 9.85. The minimum atomic E-state index is 0.0964. The molecule has 0 amide bonds. The molecule has 1 saturated carbocycles. The monoisotopic (exact) mass is 307 g/mol. The molecule has 1 fully saturated rings. The highest BCUT2D eigenvalue weighted by atomic mass is 35.5. The standard InChI is InChI=1S/C15H18ClN3O2/c1-20-13-8-9(16)6-7-11(13)14-18-15(21-19-14)10-4-2-3-5-12(10)17/h6-8,10,12H,2-5,17H2,1H3. The second-order valence-electron chi connectivity index (χ2n) is 5.36. The van der Waals surface area contributed by atoms with Crippen molar-refractivity contribution in [3.8, 4) is 17.1 Å². The Hall–Kier alpha value is -1.59. The lowest BCUT2D eigenvalue weighted by Gasteiger charge is -2.25. The first-order chi connectivity index (χ1) is 10.2. The van der Waals surface area contributed by atoms with Gasteiger partial charge in [0.2, 0.25) is 11.7 Å². The molecule has 0 radical (unpaired) electrons. The zero-order valence-electron chi connectivity index (χ0n) is 11.9. The van der Waals surface area contributed by atoms with Gasteiger partial charge in [-0.3, -0.25) is 0 Å². The van der Waals surface area contributed by atoms with Gasteiger partial charge in [0.15, 0.2) is 0 Å². The second kappa shape index (κ2) is 6.03. The third-order valence-electron chi connectivity index (χ3n) is 3.98. The number of ether oxygens (including phenoxy) is 1. The van der Waals surface area contributed by atoms with Crippen LogP contribution < -0.4 is 10.5 Å². The number of nitrogens with zero attached hydrogens (tertiary/aromatic N) is 2. The molecule has 2 N–H and O–H groups in total. The molecular formula is C15H18ClN3O2. The van der Waals surface area contributed by atoms with Crippen molar-refractivity contribution >= 4 is 11.6 Å². The highest BCUT2D eigenvalue weighted by Crippen LogP contribution is 2.34. The highest BCUT2D eigenvalue weighted by molar-refractivity contribution is 6.30. The molecule has 21 heavy (non-hydrogen) atoms. The summed E-state index contributed by atoms with van der Waals surface area (Å²) in [6.07, 6.45) is 4.33. The first-order valence-electron chi connectivity index (χ1n) is 7.12. The molecule has 1 aromatic heterocycles. The summed E-state index contributed by atoms with van der Waals surface area (Å²) < 4.78 is 10.8. The van der Waals surface area contributed by atoms with Gasteiger partial charge in [-0.05, 0) is 31.0 Å². The third-order valence-corrected chi connectivity index (χ3v) is 4.22. The molecule has 2 atom stereocenters. The number of aromatic nitrogens is 2. The first-order valence-corrected chi connectivity index (χ1v) is 7.50. The van der Waals surface area contributed by atoms with Crippen LogP contribution in [0.3, 0.4) is 0 Å². The largest absolute Gasteiger partial charge is 0.496 e. The number of hydrogen-bond acceptors (Lipinski definition) is 5. The van der Waals surface area contributed by atoms with Crippen molar-refractivity contribution in [1.82, 2.24) is 10.1 Å². The lowest BCUT2D eigenvalue weighted by molar-refractivity contribution is 0.290. The summed E-state index contributed by atoms with van der Waals surface area (Å²) in [6, 6.07) is 5.44. The molecule has 1 aliphatic carbocycles. The van der Waals surface area contributed by atoms with Crippen LogP contribution in [0.2, 0.25) is 5.02 Å². The van der Waals surface area contributed by atoms with Crippen LogP contribution in [0.25, 0.3) is 11.4 Å². The van der Waals surface area contributed by atoms with Gasteiger partial charge < -0.3 is 15.0 Å². The third kappa shape index (κ3) is 2.89. The fourth-order valence-corrected chi connectivity index (χ4v) is 2.97. The summed E-state index contributed by atoms with van der Waals surface area (Å²) in [5.74, 6) is 1.91. The predicted octanol–water partition coefficient (Wildman–Crippen LogP) is 3.38. The second-order valence-corrected chi connectivity index (χ2v) is 5.79. The van der Waals surface area contributed by atoms with Crippen molar-refractivity contribution in [2.45, 2.75) is 37.6 Å². The fraction of sp³-hybridized carbons (Fsp3) is 0.467. The maximum absolute atomic E-state index is 6.16. The van der Waals surface area contributed by atoms with Crippen LogP contribution >= 0.6 is 11.6 Å². The molecular weight excluding hydrogens is 290 g/mol. The zero-order chi connectivity index (χ0) is 14.8. The van der Waals surface area contributed by atoms with Crippen molar-refractivity contribution in [3.05, 3.63) is 29.1 Å². The van der Waals surface area contributed by atoms with Crippen molar-refractivity contribution in [3.63, 3.8) is 0 Å². The minimum absolute atomic E-state index is 0.0964. The van der Waals surface area contributed by atoms with E-state index >= 15 is 0 Å². The van der Waals surface area contributed by atoms with E-state index in [0.29, 0.717) is 22.5 Å². The Labute approximate surface area is 128 Å². The molecule has 2 unspecified atom stereocenters. The van der Waals surface area contributed by atoms with Gasteiger partial charge in [-0.2, -0.15) is 4.98 Å². The molecule has 0 spiro atoms. The Morgan fingerprint density at radius 3 is 2.90 bits per heavy atom. The van der Waals surface area contributed by atoms with Crippen molar-refractivity contribution in [1.29, 1.82) is 0 Å². The van der Waals surface area contributed by atoms with E-state index in [-0.39, 0.29) is 12.0 Å². The molecule has 1 aliphatic rings. The number of hydrogen-bond donors (Lipinski definition) is 1. The van der Waals surface area contributed by atoms with E-state index in [1.807, 2.05) is 6.07 Å². The highest BCUT2D eigenvalue weighted by Gasteiger charge is 2.28. The zero-order valence-corrected chi connectivity index (χ0v) is 12.6. The number of nitrogens with two attached hydrogens (primary N) is 1. The Kier molecular flexibility index (Phi) is 4.12. The summed E-state index contributed by atoms with van der Waals surface area (Å²) in [7, 11) is 1.59. The smallest absolute Gasteiger partial charge is 0.231 e. The molecule has 0 saturated heterocycles. The van der Waals surface area contributed by atoms with Gasteiger partial charge in [0.05, 0.1) is 18.6 Å². The summed E-state index contributed by atoms with van der Waals surface area (Å²) in [5, 5.41) is 4.67. The van der Waals surface area contributed by atoms with Gasteiger partial charge in [-0.1, -0.05) is 29.6 Å². The molecule has 1 aromatic carbocycles. The van der Waals surface area contributed by atoms with Gasteiger partial charge in [0, 0.05) is 11.1 Å². The molecule has 2 aromatic rings. The molecule has 112 valence electrons. The summed E-state index contributed by atoms with van der Waals surface area (Å²) in [5.41, 5.74) is 6.93. The fourth-order valence-electron chi connectivity index (χ4n) is 2.81. The minimum Gasteiger partial charge on any atom is -0.496 e. The molecule has 1 heterocycles. The summed E-state index contributed by atoms with van der Waals surface area (Å²) in [4.78, 5) is 4.51. The number of halogens is 1. The van der Waals surface area contributed by atoms with Crippen LogP contribution in [0.5, 0.6) is 5.75 Å². The molecule has 3 rings (SSSR count). The van der Waals surface area contributed by atoms with Crippen LogP contribution in [-0.2, 0) is 0 Å². The van der Waals surface area contributed by atoms with Gasteiger partial charge >= 0.3 is 0 Å². The van der Waals surface area contributed by atoms with Crippen molar-refractivity contribution in [2.24, 2.45) is 5.73 Å². The lowest BCUT2D eigenvalue weighted by Crippen LogP contribution is -2.31. The van der Waals surface area contributed by atoms with Crippen molar-refractivity contribution < 1.29 is 9.26 Å². The Morgan fingerprint density at radius 1 is 1.33 bits per heavy atom. The normalized spacial score (nSPS) is 22.2. The molecule has 5 nitrogen and oxygen atoms in total. The van der Waals surface area contributed by atoms with Crippen LogP contribution in [0.1, 0.15) is 37.5 Å². The molecule has 0 aliphatic heterocycles. The van der Waals surface area contributed by atoms with E-state index in [1.165, 1.54) is 6.42 Å². The van der Waals surface area contributed by atoms with Gasteiger partial charge in [-0.25, -0.2) is 0 Å².